The largest absolute Gasteiger partial charge is 0.497 e. The lowest BCUT2D eigenvalue weighted by Gasteiger charge is -2.16. The van der Waals surface area contributed by atoms with E-state index in [9.17, 15) is 4.79 Å². The number of hydrogen-bond acceptors (Lipinski definition) is 8. The van der Waals surface area contributed by atoms with Crippen LogP contribution in [0, 0.1) is 0 Å². The lowest BCUT2D eigenvalue weighted by Crippen LogP contribution is -2.24. The molecule has 0 aliphatic carbocycles. The number of ether oxygens (including phenoxy) is 2. The summed E-state index contributed by atoms with van der Waals surface area (Å²) in [5.74, 6) is 2.13. The van der Waals surface area contributed by atoms with E-state index in [1.54, 1.807) is 49.3 Å². The molecule has 0 unspecified atom stereocenters. The molecule has 0 aliphatic heterocycles. The topological polar surface area (TPSA) is 103 Å². The summed E-state index contributed by atoms with van der Waals surface area (Å²) in [7, 11) is 6.61. The Bertz CT molecular complexity index is 1410. The Hall–Kier alpha value is -3.85. The van der Waals surface area contributed by atoms with Gasteiger partial charge in [-0.15, -0.1) is 0 Å². The smallest absolute Gasteiger partial charge is 0.260 e. The third-order valence-corrected chi connectivity index (χ3v) is 5.90. The highest BCUT2D eigenvalue weighted by molar-refractivity contribution is 6.35. The summed E-state index contributed by atoms with van der Waals surface area (Å²) in [5, 5.41) is 7.00. The van der Waals surface area contributed by atoms with Crippen molar-refractivity contribution in [3.63, 3.8) is 0 Å². The Kier molecular flexibility index (Phi) is 6.83. The summed E-state index contributed by atoms with van der Waals surface area (Å²) in [6, 6.07) is 9.03. The summed E-state index contributed by atoms with van der Waals surface area (Å²) in [6.45, 7) is 0.398. The van der Waals surface area contributed by atoms with Gasteiger partial charge in [-0.2, -0.15) is 4.98 Å². The molecule has 0 fully saturated rings. The van der Waals surface area contributed by atoms with Crippen molar-refractivity contribution in [2.75, 3.05) is 38.9 Å². The number of halogens is 1. The van der Waals surface area contributed by atoms with E-state index in [0.29, 0.717) is 57.6 Å². The van der Waals surface area contributed by atoms with Crippen LogP contribution in [0.1, 0.15) is 5.56 Å². The lowest BCUT2D eigenvalue weighted by molar-refractivity contribution is 0.395. The lowest BCUT2D eigenvalue weighted by atomic mass is 10.0. The van der Waals surface area contributed by atoms with Crippen LogP contribution < -0.4 is 25.7 Å². The molecule has 0 aliphatic rings. The number of methoxy groups -OCH3 is 2. The number of pyridine rings is 2. The average molecular weight is 481 g/mol. The summed E-state index contributed by atoms with van der Waals surface area (Å²) < 4.78 is 12.4. The number of hydrogen-bond donors (Lipinski definition) is 2. The van der Waals surface area contributed by atoms with Gasteiger partial charge in [-0.25, -0.2) is 9.97 Å². The molecule has 2 N–H and O–H groups in total. The fourth-order valence-electron chi connectivity index (χ4n) is 3.72. The Morgan fingerprint density at radius 2 is 1.85 bits per heavy atom. The summed E-state index contributed by atoms with van der Waals surface area (Å²) in [4.78, 5) is 26.9. The minimum Gasteiger partial charge on any atom is -0.497 e. The molecule has 0 saturated carbocycles. The minimum atomic E-state index is -0.228. The number of fused-ring (bicyclic) bond motifs is 1. The van der Waals surface area contributed by atoms with E-state index in [-0.39, 0.29) is 5.56 Å². The fourth-order valence-corrected chi connectivity index (χ4v) is 4.01. The predicted molar refractivity (Wildman–Crippen MR) is 134 cm³/mol. The van der Waals surface area contributed by atoms with Crippen molar-refractivity contribution in [1.29, 1.82) is 0 Å². The highest BCUT2D eigenvalue weighted by atomic mass is 35.5. The number of aryl methyl sites for hydroxylation is 2. The highest BCUT2D eigenvalue weighted by Crippen LogP contribution is 2.38. The monoisotopic (exact) mass is 480 g/mol. The molecule has 176 valence electrons. The Morgan fingerprint density at radius 1 is 1.03 bits per heavy atom. The van der Waals surface area contributed by atoms with Crippen molar-refractivity contribution in [2.45, 2.75) is 13.0 Å². The van der Waals surface area contributed by atoms with Crippen molar-refractivity contribution >= 4 is 34.4 Å². The molecule has 1 aromatic carbocycles. The van der Waals surface area contributed by atoms with Crippen LogP contribution in [0.25, 0.3) is 22.2 Å². The van der Waals surface area contributed by atoms with Crippen molar-refractivity contribution in [3.8, 4) is 22.6 Å². The number of nitrogens with zero attached hydrogens (tertiary/aromatic N) is 4. The standard InChI is InChI=1S/C24H25ClN6O3/c1-26-20-9-14(5-7-28-20)6-8-31-22-15(13-29-24(27-2)30-22)10-18(23(31)32)17-11-16(33-3)12-19(34-4)21(17)25/h5,7,9-13H,6,8H2,1-4H3,(H,26,28)(H,27,29,30). The van der Waals surface area contributed by atoms with Crippen LogP contribution in [0.3, 0.4) is 0 Å². The maximum Gasteiger partial charge on any atom is 0.260 e. The first-order valence-corrected chi connectivity index (χ1v) is 11.0. The first-order valence-electron chi connectivity index (χ1n) is 10.6. The molecule has 0 saturated heterocycles. The number of benzene rings is 1. The Balaban J connectivity index is 1.90. The van der Waals surface area contributed by atoms with E-state index in [0.717, 1.165) is 11.4 Å². The van der Waals surface area contributed by atoms with Gasteiger partial charge in [0.15, 0.2) is 0 Å². The quantitative estimate of drug-likeness (QED) is 0.392. The summed E-state index contributed by atoms with van der Waals surface area (Å²) in [5.41, 5.74) is 2.25. The number of aromatic nitrogens is 4. The molecule has 0 atom stereocenters. The van der Waals surface area contributed by atoms with E-state index in [4.69, 9.17) is 21.1 Å². The van der Waals surface area contributed by atoms with Crippen LogP contribution in [0.2, 0.25) is 5.02 Å². The van der Waals surface area contributed by atoms with Crippen molar-refractivity contribution < 1.29 is 9.47 Å². The second kappa shape index (κ2) is 9.96. The van der Waals surface area contributed by atoms with Gasteiger partial charge in [0.05, 0.1) is 19.2 Å². The molecular weight excluding hydrogens is 456 g/mol. The number of rotatable bonds is 8. The zero-order valence-electron chi connectivity index (χ0n) is 19.3. The van der Waals surface area contributed by atoms with Crippen LogP contribution in [-0.4, -0.2) is 47.8 Å². The molecule has 0 spiro atoms. The van der Waals surface area contributed by atoms with Gasteiger partial charge < -0.3 is 20.1 Å². The molecule has 3 heterocycles. The normalized spacial score (nSPS) is 10.9. The van der Waals surface area contributed by atoms with Gasteiger partial charge in [-0.1, -0.05) is 11.6 Å². The van der Waals surface area contributed by atoms with E-state index in [2.05, 4.69) is 25.6 Å². The molecular formula is C24H25ClN6O3. The first kappa shape index (κ1) is 23.3. The molecule has 4 rings (SSSR count). The third-order valence-electron chi connectivity index (χ3n) is 5.51. The predicted octanol–water partition coefficient (Wildman–Crippen LogP) is 3.85. The maximum absolute atomic E-state index is 13.8. The summed E-state index contributed by atoms with van der Waals surface area (Å²) in [6.07, 6.45) is 4.02. The zero-order chi connectivity index (χ0) is 24.2. The number of nitrogens with one attached hydrogen (secondary N) is 2. The first-order chi connectivity index (χ1) is 16.5. The van der Waals surface area contributed by atoms with Crippen molar-refractivity contribution in [2.24, 2.45) is 0 Å². The molecule has 3 aromatic heterocycles. The van der Waals surface area contributed by atoms with Crippen molar-refractivity contribution in [1.82, 2.24) is 19.5 Å². The molecule has 0 bridgehead atoms. The second-order valence-electron chi connectivity index (χ2n) is 7.48. The van der Waals surface area contributed by atoms with Gasteiger partial charge in [-0.05, 0) is 36.2 Å². The molecule has 0 amide bonds. The maximum atomic E-state index is 13.8. The van der Waals surface area contributed by atoms with Crippen molar-refractivity contribution in [3.05, 3.63) is 63.7 Å². The van der Waals surface area contributed by atoms with Gasteiger partial charge in [0.1, 0.15) is 23.0 Å². The van der Waals surface area contributed by atoms with Gasteiger partial charge in [0.25, 0.3) is 5.56 Å². The zero-order valence-corrected chi connectivity index (χ0v) is 20.1. The van der Waals surface area contributed by atoms with Gasteiger partial charge >= 0.3 is 0 Å². The molecule has 34 heavy (non-hydrogen) atoms. The fraction of sp³-hybridized carbons (Fsp3) is 0.250. The van der Waals surface area contributed by atoms with Gasteiger partial charge in [-0.3, -0.25) is 9.36 Å². The Labute approximate surface area is 201 Å². The Morgan fingerprint density at radius 3 is 2.56 bits per heavy atom. The number of anilines is 2. The van der Waals surface area contributed by atoms with Crippen LogP contribution in [-0.2, 0) is 13.0 Å². The van der Waals surface area contributed by atoms with Gasteiger partial charge in [0.2, 0.25) is 5.95 Å². The molecule has 4 aromatic rings. The van der Waals surface area contributed by atoms with E-state index in [1.807, 2.05) is 19.2 Å². The van der Waals surface area contributed by atoms with Crippen LogP contribution >= 0.6 is 11.6 Å². The van der Waals surface area contributed by atoms with E-state index < -0.39 is 0 Å². The summed E-state index contributed by atoms with van der Waals surface area (Å²) >= 11 is 6.62. The minimum absolute atomic E-state index is 0.228. The van der Waals surface area contributed by atoms with E-state index >= 15 is 0 Å². The molecule has 9 nitrogen and oxygen atoms in total. The average Bonchev–Trinajstić information content (AvgIpc) is 2.88. The van der Waals surface area contributed by atoms with Gasteiger partial charge in [0, 0.05) is 55.6 Å². The van der Waals surface area contributed by atoms with Crippen LogP contribution in [0.4, 0.5) is 11.8 Å². The van der Waals surface area contributed by atoms with Crippen LogP contribution in [0.5, 0.6) is 11.5 Å². The molecule has 10 heteroatoms. The molecule has 0 radical (unpaired) electrons. The SMILES string of the molecule is CNc1cc(CCn2c(=O)c(-c3cc(OC)cc(OC)c3Cl)cc3cnc(NC)nc32)ccn1. The van der Waals surface area contributed by atoms with Crippen LogP contribution in [0.15, 0.2) is 47.5 Å². The van der Waals surface area contributed by atoms with E-state index in [1.165, 1.54) is 7.11 Å². The third kappa shape index (κ3) is 4.47. The second-order valence-corrected chi connectivity index (χ2v) is 7.86. The highest BCUT2D eigenvalue weighted by Gasteiger charge is 2.19.